The molecule has 3 nitrogen and oxygen atoms in total. The highest BCUT2D eigenvalue weighted by molar-refractivity contribution is 5.69. The van der Waals surface area contributed by atoms with E-state index in [4.69, 9.17) is 0 Å². The van der Waals surface area contributed by atoms with Crippen LogP contribution < -0.4 is 0 Å². The topological polar surface area (TPSA) is 45.8 Å². The summed E-state index contributed by atoms with van der Waals surface area (Å²) < 4.78 is 0. The van der Waals surface area contributed by atoms with Crippen molar-refractivity contribution in [3.8, 4) is 0 Å². The number of aromatic nitrogens is 2. The molecule has 0 radical (unpaired) electrons. The summed E-state index contributed by atoms with van der Waals surface area (Å²) in [5.74, 6) is 0.464. The van der Waals surface area contributed by atoms with Gasteiger partial charge in [-0.15, -0.1) is 0 Å². The number of carbonyl (C=O) groups is 1. The Morgan fingerprint density at radius 2 is 2.00 bits per heavy atom. The summed E-state index contributed by atoms with van der Waals surface area (Å²) in [4.78, 5) is 18.2. The van der Waals surface area contributed by atoms with Crippen LogP contribution in [0.4, 0.5) is 0 Å². The number of H-pyrrole nitrogens is 1. The highest BCUT2D eigenvalue weighted by atomic mass is 16.1. The Morgan fingerprint density at radius 3 is 2.60 bits per heavy atom. The van der Waals surface area contributed by atoms with E-state index in [0.717, 1.165) is 30.5 Å². The monoisotopic (exact) mass is 206 g/mol. The van der Waals surface area contributed by atoms with E-state index in [1.54, 1.807) is 0 Å². The molecule has 0 amide bonds. The van der Waals surface area contributed by atoms with Crippen molar-refractivity contribution >= 4 is 6.29 Å². The van der Waals surface area contributed by atoms with Crippen LogP contribution >= 0.6 is 0 Å². The molecule has 1 aromatic rings. The average Bonchev–Trinajstić information content (AvgIpc) is 2.44. The van der Waals surface area contributed by atoms with Crippen LogP contribution in [0.3, 0.4) is 0 Å². The Balaban J connectivity index is 2.52. The second-order valence-electron chi connectivity index (χ2n) is 5.97. The van der Waals surface area contributed by atoms with Gasteiger partial charge in [-0.1, -0.05) is 27.7 Å². The molecule has 0 fully saturated rings. The summed E-state index contributed by atoms with van der Waals surface area (Å²) in [6.45, 7) is 8.92. The smallest absolute Gasteiger partial charge is 0.185 e. The summed E-state index contributed by atoms with van der Waals surface area (Å²) >= 11 is 0. The van der Waals surface area contributed by atoms with Gasteiger partial charge in [-0.2, -0.15) is 0 Å². The normalized spacial score (nSPS) is 22.1. The van der Waals surface area contributed by atoms with Crippen molar-refractivity contribution in [1.29, 1.82) is 0 Å². The molecule has 2 rings (SSSR count). The molecule has 0 aliphatic heterocycles. The molecule has 0 saturated carbocycles. The highest BCUT2D eigenvalue weighted by Gasteiger charge is 2.39. The minimum Gasteiger partial charge on any atom is -0.339 e. The van der Waals surface area contributed by atoms with Crippen LogP contribution in [0.15, 0.2) is 0 Å². The van der Waals surface area contributed by atoms with Crippen molar-refractivity contribution in [2.45, 2.75) is 46.0 Å². The van der Waals surface area contributed by atoms with E-state index in [-0.39, 0.29) is 10.8 Å². The van der Waals surface area contributed by atoms with E-state index in [2.05, 4.69) is 37.7 Å². The van der Waals surface area contributed by atoms with Gasteiger partial charge in [0, 0.05) is 11.1 Å². The zero-order valence-electron chi connectivity index (χ0n) is 9.85. The predicted molar refractivity (Wildman–Crippen MR) is 59.1 cm³/mol. The average molecular weight is 206 g/mol. The van der Waals surface area contributed by atoms with Crippen molar-refractivity contribution in [2.24, 2.45) is 5.41 Å². The van der Waals surface area contributed by atoms with Crippen LogP contribution in [0.25, 0.3) is 0 Å². The largest absolute Gasteiger partial charge is 0.339 e. The third kappa shape index (κ3) is 1.71. The van der Waals surface area contributed by atoms with Gasteiger partial charge in [-0.05, 0) is 18.3 Å². The van der Waals surface area contributed by atoms with E-state index in [9.17, 15) is 4.79 Å². The number of rotatable bonds is 1. The van der Waals surface area contributed by atoms with Gasteiger partial charge in [0.05, 0.1) is 5.69 Å². The molecule has 1 heterocycles. The van der Waals surface area contributed by atoms with Crippen LogP contribution in [0, 0.1) is 5.41 Å². The van der Waals surface area contributed by atoms with Crippen molar-refractivity contribution in [3.63, 3.8) is 0 Å². The van der Waals surface area contributed by atoms with Gasteiger partial charge in [-0.25, -0.2) is 4.98 Å². The molecule has 82 valence electrons. The molecule has 0 unspecified atom stereocenters. The Kier molecular flexibility index (Phi) is 2.04. The lowest BCUT2D eigenvalue weighted by Crippen LogP contribution is -2.34. The summed E-state index contributed by atoms with van der Waals surface area (Å²) in [6, 6.07) is 0. The molecule has 0 bridgehead atoms. The molecular weight excluding hydrogens is 188 g/mol. The number of carbonyl (C=O) groups excluding carboxylic acids is 1. The number of nitrogens with zero attached hydrogens (tertiary/aromatic N) is 1. The fraction of sp³-hybridized carbons (Fsp3) is 0.667. The number of nitrogens with one attached hydrogen (secondary N) is 1. The molecule has 1 aromatic heterocycles. The first-order valence-electron chi connectivity index (χ1n) is 5.39. The number of imidazole rings is 1. The first-order chi connectivity index (χ1) is 6.84. The Hall–Kier alpha value is -1.12. The van der Waals surface area contributed by atoms with Crippen molar-refractivity contribution in [3.05, 3.63) is 17.2 Å². The summed E-state index contributed by atoms with van der Waals surface area (Å²) in [6.07, 6.45) is 2.88. The van der Waals surface area contributed by atoms with Crippen molar-refractivity contribution < 1.29 is 4.79 Å². The molecule has 3 heteroatoms. The fourth-order valence-electron chi connectivity index (χ4n) is 2.99. The van der Waals surface area contributed by atoms with Gasteiger partial charge < -0.3 is 4.98 Å². The van der Waals surface area contributed by atoms with Crippen molar-refractivity contribution in [1.82, 2.24) is 9.97 Å². The Labute approximate surface area is 90.3 Å². The minimum absolute atomic E-state index is 0.0643. The molecule has 1 aliphatic carbocycles. The predicted octanol–water partition coefficient (Wildman–Crippen LogP) is 2.47. The van der Waals surface area contributed by atoms with E-state index in [1.165, 1.54) is 0 Å². The molecular formula is C12H18N2O. The first-order valence-corrected chi connectivity index (χ1v) is 5.39. The Bertz CT molecular complexity index is 402. The molecule has 0 aromatic carbocycles. The van der Waals surface area contributed by atoms with Gasteiger partial charge in [0.1, 0.15) is 0 Å². The zero-order chi connectivity index (χ0) is 11.3. The standard InChI is InChI=1S/C12H18N2O/c1-11(2)5-8-10(12(3,4)7-11)14-9(6-15)13-8/h6H,5,7H2,1-4H3,(H,13,14). The SMILES string of the molecule is CC1(C)Cc2[nH]c(C=O)nc2C(C)(C)C1. The lowest BCUT2D eigenvalue weighted by Gasteiger charge is -2.39. The second-order valence-corrected chi connectivity index (χ2v) is 5.97. The summed E-state index contributed by atoms with van der Waals surface area (Å²) in [7, 11) is 0. The summed E-state index contributed by atoms with van der Waals surface area (Å²) in [5.41, 5.74) is 2.56. The maximum atomic E-state index is 10.7. The van der Waals surface area contributed by atoms with Gasteiger partial charge in [0.2, 0.25) is 0 Å². The molecule has 1 aliphatic rings. The lowest BCUT2D eigenvalue weighted by atomic mass is 9.66. The van der Waals surface area contributed by atoms with Gasteiger partial charge >= 0.3 is 0 Å². The molecule has 1 N–H and O–H groups in total. The number of hydrogen-bond donors (Lipinski definition) is 1. The van der Waals surface area contributed by atoms with E-state index >= 15 is 0 Å². The zero-order valence-corrected chi connectivity index (χ0v) is 9.85. The lowest BCUT2D eigenvalue weighted by molar-refractivity contribution is 0.111. The number of aldehydes is 1. The molecule has 0 saturated heterocycles. The first kappa shape index (κ1) is 10.4. The third-order valence-electron chi connectivity index (χ3n) is 3.13. The van der Waals surface area contributed by atoms with Gasteiger partial charge in [-0.3, -0.25) is 4.79 Å². The van der Waals surface area contributed by atoms with Crippen molar-refractivity contribution in [2.75, 3.05) is 0 Å². The number of aromatic amines is 1. The van der Waals surface area contributed by atoms with Gasteiger partial charge in [0.25, 0.3) is 0 Å². The third-order valence-corrected chi connectivity index (χ3v) is 3.13. The van der Waals surface area contributed by atoms with Crippen LogP contribution in [0.2, 0.25) is 0 Å². The van der Waals surface area contributed by atoms with Crippen LogP contribution in [-0.2, 0) is 11.8 Å². The number of fused-ring (bicyclic) bond motifs is 1. The van der Waals surface area contributed by atoms with E-state index in [1.807, 2.05) is 0 Å². The van der Waals surface area contributed by atoms with Gasteiger partial charge in [0.15, 0.2) is 12.1 Å². The van der Waals surface area contributed by atoms with Crippen LogP contribution in [0.1, 0.15) is 56.1 Å². The molecule has 15 heavy (non-hydrogen) atoms. The second kappa shape index (κ2) is 2.94. The maximum absolute atomic E-state index is 10.7. The van der Waals surface area contributed by atoms with E-state index in [0.29, 0.717) is 5.82 Å². The fourth-order valence-corrected chi connectivity index (χ4v) is 2.99. The number of hydrogen-bond acceptors (Lipinski definition) is 2. The van der Waals surface area contributed by atoms with E-state index < -0.39 is 0 Å². The molecule has 0 spiro atoms. The van der Waals surface area contributed by atoms with Crippen LogP contribution in [-0.4, -0.2) is 16.3 Å². The maximum Gasteiger partial charge on any atom is 0.185 e. The Morgan fingerprint density at radius 1 is 1.33 bits per heavy atom. The summed E-state index contributed by atoms with van der Waals surface area (Å²) in [5, 5.41) is 0. The quantitative estimate of drug-likeness (QED) is 0.717. The molecule has 0 atom stereocenters. The minimum atomic E-state index is 0.0643. The highest BCUT2D eigenvalue weighted by Crippen LogP contribution is 2.44. The van der Waals surface area contributed by atoms with Crippen LogP contribution in [0.5, 0.6) is 0 Å².